The lowest BCUT2D eigenvalue weighted by atomic mass is 10.2. The number of hydrogen-bond acceptors (Lipinski definition) is 4. The lowest BCUT2D eigenvalue weighted by Crippen LogP contribution is -2.49. The van der Waals surface area contributed by atoms with Crippen LogP contribution >= 0.6 is 11.6 Å². The molecular formula is C13H18ClN3O. The van der Waals surface area contributed by atoms with Crippen LogP contribution in [0.5, 0.6) is 0 Å². The predicted octanol–water partition coefficient (Wildman–Crippen LogP) is 1.99. The van der Waals surface area contributed by atoms with Crippen LogP contribution < -0.4 is 4.90 Å². The van der Waals surface area contributed by atoms with Gasteiger partial charge >= 0.3 is 0 Å². The first-order valence-corrected chi connectivity index (χ1v) is 6.60. The van der Waals surface area contributed by atoms with Gasteiger partial charge in [0.2, 0.25) is 0 Å². The van der Waals surface area contributed by atoms with Crippen molar-refractivity contribution in [1.82, 2.24) is 9.88 Å². The summed E-state index contributed by atoms with van der Waals surface area (Å²) in [6.07, 6.45) is 1.54. The van der Waals surface area contributed by atoms with Gasteiger partial charge < -0.3 is 4.90 Å². The van der Waals surface area contributed by atoms with E-state index >= 15 is 0 Å². The maximum atomic E-state index is 11.0. The van der Waals surface area contributed by atoms with Crippen molar-refractivity contribution in [1.29, 1.82) is 0 Å². The lowest BCUT2D eigenvalue weighted by molar-refractivity contribution is 0.108. The highest BCUT2D eigenvalue weighted by Crippen LogP contribution is 2.15. The Morgan fingerprint density at radius 1 is 1.28 bits per heavy atom. The number of halogens is 1. The molecule has 0 spiro atoms. The molecule has 0 N–H and O–H groups in total. The molecule has 1 saturated heterocycles. The van der Waals surface area contributed by atoms with Gasteiger partial charge in [0, 0.05) is 38.4 Å². The number of carbonyl (C=O) groups excluding carboxylic acids is 1. The number of pyridine rings is 1. The average Bonchev–Trinajstić information content (AvgIpc) is 2.39. The summed E-state index contributed by atoms with van der Waals surface area (Å²) in [4.78, 5) is 19.9. The van der Waals surface area contributed by atoms with Crippen LogP contribution in [-0.2, 0) is 0 Å². The summed E-state index contributed by atoms with van der Waals surface area (Å²) >= 11 is 5.40. The Kier molecular flexibility index (Phi) is 4.19. The predicted molar refractivity (Wildman–Crippen MR) is 73.3 cm³/mol. The van der Waals surface area contributed by atoms with E-state index in [0.717, 1.165) is 32.0 Å². The van der Waals surface area contributed by atoms with Crippen molar-refractivity contribution in [2.75, 3.05) is 31.1 Å². The van der Waals surface area contributed by atoms with Gasteiger partial charge in [-0.3, -0.25) is 9.69 Å². The number of piperazine rings is 1. The summed E-state index contributed by atoms with van der Waals surface area (Å²) < 4.78 is 0. The Labute approximate surface area is 113 Å². The maximum absolute atomic E-state index is 11.0. The third kappa shape index (κ3) is 3.00. The molecule has 0 aliphatic carbocycles. The molecule has 1 aromatic rings. The third-order valence-electron chi connectivity index (χ3n) is 3.34. The van der Waals surface area contributed by atoms with Crippen molar-refractivity contribution >= 4 is 22.7 Å². The summed E-state index contributed by atoms with van der Waals surface area (Å²) in [6, 6.07) is 4.18. The van der Waals surface area contributed by atoms with E-state index in [4.69, 9.17) is 11.6 Å². The molecule has 1 aliphatic rings. The molecule has 4 nitrogen and oxygen atoms in total. The number of carbonyl (C=O) groups is 1. The van der Waals surface area contributed by atoms with Crippen LogP contribution in [0.1, 0.15) is 24.2 Å². The Morgan fingerprint density at radius 3 is 2.39 bits per heavy atom. The molecule has 5 heteroatoms. The van der Waals surface area contributed by atoms with E-state index in [1.54, 1.807) is 12.3 Å². The van der Waals surface area contributed by atoms with Gasteiger partial charge in [-0.2, -0.15) is 0 Å². The van der Waals surface area contributed by atoms with E-state index < -0.39 is 5.24 Å². The Balaban J connectivity index is 1.99. The van der Waals surface area contributed by atoms with Gasteiger partial charge in [0.05, 0.1) is 5.56 Å². The van der Waals surface area contributed by atoms with Gasteiger partial charge in [0.15, 0.2) is 0 Å². The molecule has 98 valence electrons. The van der Waals surface area contributed by atoms with Gasteiger partial charge in [0.1, 0.15) is 5.82 Å². The van der Waals surface area contributed by atoms with E-state index in [9.17, 15) is 4.79 Å². The lowest BCUT2D eigenvalue weighted by Gasteiger charge is -2.37. The number of rotatable bonds is 3. The molecule has 0 amide bonds. The third-order valence-corrected chi connectivity index (χ3v) is 3.56. The monoisotopic (exact) mass is 267 g/mol. The zero-order valence-corrected chi connectivity index (χ0v) is 11.5. The summed E-state index contributed by atoms with van der Waals surface area (Å²) in [5, 5.41) is -0.460. The van der Waals surface area contributed by atoms with Crippen molar-refractivity contribution in [3.8, 4) is 0 Å². The largest absolute Gasteiger partial charge is 0.354 e. The van der Waals surface area contributed by atoms with E-state index in [1.807, 2.05) is 6.07 Å². The first kappa shape index (κ1) is 13.3. The molecule has 1 aromatic heterocycles. The SMILES string of the molecule is CC(C)N1CCN(c2ccc(C(=O)Cl)cn2)CC1. The molecule has 18 heavy (non-hydrogen) atoms. The van der Waals surface area contributed by atoms with Crippen molar-refractivity contribution in [2.45, 2.75) is 19.9 Å². The number of anilines is 1. The highest BCUT2D eigenvalue weighted by Gasteiger charge is 2.19. The van der Waals surface area contributed by atoms with Crippen LogP contribution in [-0.4, -0.2) is 47.3 Å². The van der Waals surface area contributed by atoms with Crippen LogP contribution in [0.3, 0.4) is 0 Å². The minimum atomic E-state index is -0.460. The summed E-state index contributed by atoms with van der Waals surface area (Å²) in [7, 11) is 0. The van der Waals surface area contributed by atoms with Crippen molar-refractivity contribution in [2.24, 2.45) is 0 Å². The molecule has 0 saturated carbocycles. The van der Waals surface area contributed by atoms with Crippen LogP contribution in [0, 0.1) is 0 Å². The van der Waals surface area contributed by atoms with Crippen molar-refractivity contribution < 1.29 is 4.79 Å². The quantitative estimate of drug-likeness (QED) is 0.785. The second-order valence-electron chi connectivity index (χ2n) is 4.80. The molecule has 1 aliphatic heterocycles. The second-order valence-corrected chi connectivity index (χ2v) is 5.14. The fraction of sp³-hybridized carbons (Fsp3) is 0.538. The van der Waals surface area contributed by atoms with Crippen LogP contribution in [0.15, 0.2) is 18.3 Å². The van der Waals surface area contributed by atoms with Crippen LogP contribution in [0.25, 0.3) is 0 Å². The first-order chi connectivity index (χ1) is 8.58. The summed E-state index contributed by atoms with van der Waals surface area (Å²) in [5.74, 6) is 0.917. The highest BCUT2D eigenvalue weighted by atomic mass is 35.5. The fourth-order valence-electron chi connectivity index (χ4n) is 2.16. The normalized spacial score (nSPS) is 17.2. The van der Waals surface area contributed by atoms with E-state index in [-0.39, 0.29) is 0 Å². The summed E-state index contributed by atoms with van der Waals surface area (Å²) in [5.41, 5.74) is 0.446. The minimum absolute atomic E-state index is 0.446. The Morgan fingerprint density at radius 2 is 1.94 bits per heavy atom. The van der Waals surface area contributed by atoms with Crippen LogP contribution in [0.2, 0.25) is 0 Å². The maximum Gasteiger partial charge on any atom is 0.253 e. The molecule has 1 fully saturated rings. The van der Waals surface area contributed by atoms with Gasteiger partial charge in [-0.15, -0.1) is 0 Å². The molecule has 0 bridgehead atoms. The van der Waals surface area contributed by atoms with Crippen molar-refractivity contribution in [3.63, 3.8) is 0 Å². The summed E-state index contributed by atoms with van der Waals surface area (Å²) in [6.45, 7) is 8.48. The molecule has 0 unspecified atom stereocenters. The zero-order chi connectivity index (χ0) is 13.1. The Hall–Kier alpha value is -1.13. The fourth-order valence-corrected chi connectivity index (χ4v) is 2.27. The Bertz CT molecular complexity index is 411. The van der Waals surface area contributed by atoms with Crippen LogP contribution in [0.4, 0.5) is 5.82 Å². The van der Waals surface area contributed by atoms with Gasteiger partial charge in [-0.25, -0.2) is 4.98 Å². The minimum Gasteiger partial charge on any atom is -0.354 e. The zero-order valence-electron chi connectivity index (χ0n) is 10.8. The molecule has 0 atom stereocenters. The first-order valence-electron chi connectivity index (χ1n) is 6.23. The van der Waals surface area contributed by atoms with E-state index in [1.165, 1.54) is 0 Å². The van der Waals surface area contributed by atoms with Gasteiger partial charge in [-0.1, -0.05) is 0 Å². The average molecular weight is 268 g/mol. The van der Waals surface area contributed by atoms with Crippen molar-refractivity contribution in [3.05, 3.63) is 23.9 Å². The van der Waals surface area contributed by atoms with E-state index in [0.29, 0.717) is 11.6 Å². The molecule has 2 rings (SSSR count). The molecular weight excluding hydrogens is 250 g/mol. The molecule has 0 aromatic carbocycles. The number of nitrogens with zero attached hydrogens (tertiary/aromatic N) is 3. The van der Waals surface area contributed by atoms with Gasteiger partial charge in [-0.05, 0) is 37.6 Å². The van der Waals surface area contributed by atoms with Gasteiger partial charge in [0.25, 0.3) is 5.24 Å². The number of aromatic nitrogens is 1. The molecule has 2 heterocycles. The second kappa shape index (κ2) is 5.67. The smallest absolute Gasteiger partial charge is 0.253 e. The topological polar surface area (TPSA) is 36.4 Å². The number of hydrogen-bond donors (Lipinski definition) is 0. The van der Waals surface area contributed by atoms with E-state index in [2.05, 4.69) is 28.6 Å². The standard InChI is InChI=1S/C13H18ClN3O/c1-10(2)16-5-7-17(8-6-16)12-4-3-11(9-15-12)13(14)18/h3-4,9-10H,5-8H2,1-2H3. The highest BCUT2D eigenvalue weighted by molar-refractivity contribution is 6.67. The molecule has 0 radical (unpaired) electrons.